The normalized spacial score (nSPS) is 11.4. The molecule has 2 heterocycles. The van der Waals surface area contributed by atoms with Crippen molar-refractivity contribution in [1.82, 2.24) is 15.0 Å². The average Bonchev–Trinajstić information content (AvgIpc) is 3.09. The Morgan fingerprint density at radius 2 is 1.96 bits per heavy atom. The Morgan fingerprint density at radius 3 is 2.67 bits per heavy atom. The molecular weight excluding hydrogens is 377 g/mol. The Morgan fingerprint density at radius 1 is 1.22 bits per heavy atom. The van der Waals surface area contributed by atoms with E-state index in [1.807, 2.05) is 6.92 Å². The highest BCUT2D eigenvalue weighted by Crippen LogP contribution is 2.37. The molecule has 0 fully saturated rings. The molecular formula is C18H15F3N4OS. The van der Waals surface area contributed by atoms with Crippen LogP contribution in [0.5, 0.6) is 0 Å². The lowest BCUT2D eigenvalue weighted by molar-refractivity contribution is -0.137. The van der Waals surface area contributed by atoms with Gasteiger partial charge in [0.2, 0.25) is 0 Å². The van der Waals surface area contributed by atoms with Crippen molar-refractivity contribution in [1.29, 1.82) is 0 Å². The first-order valence-corrected chi connectivity index (χ1v) is 8.93. The Kier molecular flexibility index (Phi) is 5.22. The molecule has 0 bridgehead atoms. The van der Waals surface area contributed by atoms with Crippen molar-refractivity contribution in [2.45, 2.75) is 26.4 Å². The van der Waals surface area contributed by atoms with Crippen LogP contribution < -0.4 is 5.32 Å². The smallest absolute Gasteiger partial charge is 0.298 e. The van der Waals surface area contributed by atoms with Crippen LogP contribution in [0.1, 0.15) is 34.4 Å². The van der Waals surface area contributed by atoms with Crippen LogP contribution in [-0.4, -0.2) is 20.9 Å². The SMILES string of the molecule is CCc1nc(C)ncc1C(=O)Nc1nc(-c2ccccc2C(F)(F)F)cs1. The van der Waals surface area contributed by atoms with Gasteiger partial charge in [-0.05, 0) is 19.4 Å². The number of benzene rings is 1. The summed E-state index contributed by atoms with van der Waals surface area (Å²) in [6.45, 7) is 3.60. The zero-order chi connectivity index (χ0) is 19.6. The number of rotatable bonds is 4. The van der Waals surface area contributed by atoms with E-state index in [-0.39, 0.29) is 16.4 Å². The molecule has 1 N–H and O–H groups in total. The second kappa shape index (κ2) is 7.43. The molecule has 0 spiro atoms. The zero-order valence-electron chi connectivity index (χ0n) is 14.5. The summed E-state index contributed by atoms with van der Waals surface area (Å²) in [6.07, 6.45) is -2.50. The van der Waals surface area contributed by atoms with Crippen molar-refractivity contribution in [3.63, 3.8) is 0 Å². The van der Waals surface area contributed by atoms with Gasteiger partial charge in [-0.3, -0.25) is 10.1 Å². The standard InChI is InChI=1S/C18H15F3N4OS/c1-3-14-12(8-22-10(2)23-14)16(26)25-17-24-15(9-27-17)11-6-4-5-7-13(11)18(19,20)21/h4-9H,3H2,1-2H3,(H,24,25,26). The number of aryl methyl sites for hydroxylation is 2. The number of alkyl halides is 3. The maximum Gasteiger partial charge on any atom is 0.417 e. The van der Waals surface area contributed by atoms with Crippen LogP contribution in [0.25, 0.3) is 11.3 Å². The van der Waals surface area contributed by atoms with E-state index in [9.17, 15) is 18.0 Å². The Labute approximate surface area is 157 Å². The lowest BCUT2D eigenvalue weighted by Gasteiger charge is -2.10. The van der Waals surface area contributed by atoms with Crippen molar-refractivity contribution in [3.8, 4) is 11.3 Å². The third kappa shape index (κ3) is 4.13. The predicted molar refractivity (Wildman–Crippen MR) is 96.7 cm³/mol. The number of carbonyl (C=O) groups excluding carboxylic acids is 1. The summed E-state index contributed by atoms with van der Waals surface area (Å²) in [7, 11) is 0. The van der Waals surface area contributed by atoms with Crippen LogP contribution in [0, 0.1) is 6.92 Å². The van der Waals surface area contributed by atoms with Crippen LogP contribution in [0.4, 0.5) is 18.3 Å². The molecule has 0 radical (unpaired) electrons. The summed E-state index contributed by atoms with van der Waals surface area (Å²) in [5, 5.41) is 4.29. The van der Waals surface area contributed by atoms with Gasteiger partial charge in [0.1, 0.15) is 5.82 Å². The van der Waals surface area contributed by atoms with Gasteiger partial charge < -0.3 is 0 Å². The molecule has 0 saturated heterocycles. The number of carbonyl (C=O) groups is 1. The Balaban J connectivity index is 1.87. The highest BCUT2D eigenvalue weighted by atomic mass is 32.1. The fraction of sp³-hybridized carbons (Fsp3) is 0.222. The number of hydrogen-bond donors (Lipinski definition) is 1. The van der Waals surface area contributed by atoms with Crippen LogP contribution in [-0.2, 0) is 12.6 Å². The van der Waals surface area contributed by atoms with Crippen LogP contribution in [0.15, 0.2) is 35.8 Å². The summed E-state index contributed by atoms with van der Waals surface area (Å²) in [5.74, 6) is 0.112. The van der Waals surface area contributed by atoms with Gasteiger partial charge in [-0.25, -0.2) is 15.0 Å². The monoisotopic (exact) mass is 392 g/mol. The van der Waals surface area contributed by atoms with E-state index < -0.39 is 17.6 Å². The fourth-order valence-corrected chi connectivity index (χ4v) is 3.25. The van der Waals surface area contributed by atoms with Gasteiger partial charge in [-0.2, -0.15) is 13.2 Å². The number of anilines is 1. The maximum atomic E-state index is 13.2. The lowest BCUT2D eigenvalue weighted by Crippen LogP contribution is -2.16. The van der Waals surface area contributed by atoms with E-state index in [2.05, 4.69) is 20.3 Å². The first-order chi connectivity index (χ1) is 12.8. The molecule has 1 amide bonds. The number of nitrogens with zero attached hydrogens (tertiary/aromatic N) is 3. The van der Waals surface area contributed by atoms with Gasteiger partial charge in [0.05, 0.1) is 22.5 Å². The average molecular weight is 392 g/mol. The van der Waals surface area contributed by atoms with Gasteiger partial charge in [0.15, 0.2) is 5.13 Å². The number of thiazole rings is 1. The molecule has 0 aliphatic heterocycles. The molecule has 0 unspecified atom stereocenters. The third-order valence-corrected chi connectivity index (χ3v) is 4.56. The van der Waals surface area contributed by atoms with E-state index in [1.54, 1.807) is 6.92 Å². The second-order valence-electron chi connectivity index (χ2n) is 5.67. The van der Waals surface area contributed by atoms with Crippen molar-refractivity contribution < 1.29 is 18.0 Å². The molecule has 3 aromatic rings. The van der Waals surface area contributed by atoms with Crippen molar-refractivity contribution in [2.24, 2.45) is 0 Å². The van der Waals surface area contributed by atoms with E-state index in [0.717, 1.165) is 17.4 Å². The summed E-state index contributed by atoms with van der Waals surface area (Å²) >= 11 is 1.05. The summed E-state index contributed by atoms with van der Waals surface area (Å²) < 4.78 is 39.5. The zero-order valence-corrected chi connectivity index (χ0v) is 15.3. The van der Waals surface area contributed by atoms with Crippen LogP contribution in [0.2, 0.25) is 0 Å². The van der Waals surface area contributed by atoms with Crippen LogP contribution in [0.3, 0.4) is 0 Å². The van der Waals surface area contributed by atoms with E-state index in [1.165, 1.54) is 29.8 Å². The van der Waals surface area contributed by atoms with Crippen molar-refractivity contribution in [3.05, 3.63) is 58.5 Å². The molecule has 27 heavy (non-hydrogen) atoms. The van der Waals surface area contributed by atoms with Gasteiger partial charge in [0.25, 0.3) is 5.91 Å². The summed E-state index contributed by atoms with van der Waals surface area (Å²) in [4.78, 5) is 24.9. The molecule has 1 aromatic carbocycles. The van der Waals surface area contributed by atoms with E-state index >= 15 is 0 Å². The minimum atomic E-state index is -4.49. The molecule has 0 saturated carbocycles. The molecule has 5 nitrogen and oxygen atoms in total. The van der Waals surface area contributed by atoms with E-state index in [4.69, 9.17) is 0 Å². The maximum absolute atomic E-state index is 13.2. The minimum absolute atomic E-state index is 0.0327. The molecule has 0 aliphatic rings. The van der Waals surface area contributed by atoms with Gasteiger partial charge in [0, 0.05) is 17.1 Å². The van der Waals surface area contributed by atoms with E-state index in [0.29, 0.717) is 23.5 Å². The number of amides is 1. The Bertz CT molecular complexity index is 985. The first kappa shape index (κ1) is 19.0. The highest BCUT2D eigenvalue weighted by molar-refractivity contribution is 7.14. The highest BCUT2D eigenvalue weighted by Gasteiger charge is 2.33. The second-order valence-corrected chi connectivity index (χ2v) is 6.52. The van der Waals surface area contributed by atoms with Crippen molar-refractivity contribution >= 4 is 22.4 Å². The molecule has 2 aromatic heterocycles. The minimum Gasteiger partial charge on any atom is -0.298 e. The lowest BCUT2D eigenvalue weighted by atomic mass is 10.1. The fourth-order valence-electron chi connectivity index (χ4n) is 2.55. The van der Waals surface area contributed by atoms with Gasteiger partial charge in [-0.1, -0.05) is 25.1 Å². The Hall–Kier alpha value is -2.81. The molecule has 9 heteroatoms. The van der Waals surface area contributed by atoms with Crippen LogP contribution >= 0.6 is 11.3 Å². The molecule has 3 rings (SSSR count). The van der Waals surface area contributed by atoms with Gasteiger partial charge in [-0.15, -0.1) is 11.3 Å². The molecule has 0 atom stereocenters. The quantitative estimate of drug-likeness (QED) is 0.696. The summed E-state index contributed by atoms with van der Waals surface area (Å²) in [6, 6.07) is 5.20. The topological polar surface area (TPSA) is 67.8 Å². The van der Waals surface area contributed by atoms with Gasteiger partial charge >= 0.3 is 6.18 Å². The largest absolute Gasteiger partial charge is 0.417 e. The first-order valence-electron chi connectivity index (χ1n) is 8.05. The predicted octanol–water partition coefficient (Wildman–Crippen LogP) is 4.74. The summed E-state index contributed by atoms with van der Waals surface area (Å²) in [5.41, 5.74) is 0.261. The van der Waals surface area contributed by atoms with Crippen molar-refractivity contribution in [2.75, 3.05) is 5.32 Å². The number of halogens is 3. The third-order valence-electron chi connectivity index (χ3n) is 3.80. The molecule has 0 aliphatic carbocycles. The number of hydrogen-bond acceptors (Lipinski definition) is 5. The number of aromatic nitrogens is 3. The number of nitrogens with one attached hydrogen (secondary N) is 1. The molecule has 140 valence electrons.